The first-order chi connectivity index (χ1) is 8.22. The lowest BCUT2D eigenvalue weighted by atomic mass is 10.0. The molecule has 1 aliphatic heterocycles. The Morgan fingerprint density at radius 2 is 1.71 bits per heavy atom. The molecule has 0 saturated heterocycles. The van der Waals surface area contributed by atoms with Crippen LogP contribution in [0.2, 0.25) is 0 Å². The normalized spacial score (nSPS) is 13.4. The summed E-state index contributed by atoms with van der Waals surface area (Å²) in [7, 11) is 0. The molecule has 0 amide bonds. The second-order valence-corrected chi connectivity index (χ2v) is 3.98. The lowest BCUT2D eigenvalue weighted by Gasteiger charge is -2.03. The molecule has 0 bridgehead atoms. The molecule has 2 aromatic rings. The highest BCUT2D eigenvalue weighted by Gasteiger charge is 2.20. The first-order valence-corrected chi connectivity index (χ1v) is 5.32. The van der Waals surface area contributed by atoms with Crippen molar-refractivity contribution < 1.29 is 13.9 Å². The predicted molar refractivity (Wildman–Crippen MR) is 61.2 cm³/mol. The molecule has 0 atom stereocenters. The van der Waals surface area contributed by atoms with E-state index in [1.165, 1.54) is 12.1 Å². The van der Waals surface area contributed by atoms with Crippen molar-refractivity contribution >= 4 is 5.97 Å². The van der Waals surface area contributed by atoms with Gasteiger partial charge in [-0.3, -0.25) is 4.79 Å². The average molecular weight is 228 g/mol. The second kappa shape index (κ2) is 3.70. The summed E-state index contributed by atoms with van der Waals surface area (Å²) in [4.78, 5) is 11.1. The molecule has 0 aromatic heterocycles. The van der Waals surface area contributed by atoms with E-state index in [1.54, 1.807) is 18.2 Å². The van der Waals surface area contributed by atoms with E-state index in [2.05, 4.69) is 0 Å². The fraction of sp³-hybridized carbons (Fsp3) is 0.0714. The number of halogens is 1. The smallest absolute Gasteiger partial charge is 0.315 e. The number of carbonyl (C=O) groups excluding carboxylic acids is 1. The molecule has 1 aliphatic rings. The fourth-order valence-electron chi connectivity index (χ4n) is 1.95. The van der Waals surface area contributed by atoms with Crippen molar-refractivity contribution in [2.45, 2.75) is 6.42 Å². The minimum atomic E-state index is -0.256. The van der Waals surface area contributed by atoms with Gasteiger partial charge in [0, 0.05) is 5.56 Å². The molecule has 2 nitrogen and oxygen atoms in total. The number of hydrogen-bond acceptors (Lipinski definition) is 2. The van der Waals surface area contributed by atoms with Crippen molar-refractivity contribution in [1.29, 1.82) is 0 Å². The molecule has 84 valence electrons. The summed E-state index contributed by atoms with van der Waals surface area (Å²) in [6, 6.07) is 11.8. The zero-order chi connectivity index (χ0) is 11.8. The van der Waals surface area contributed by atoms with Crippen molar-refractivity contribution in [3.63, 3.8) is 0 Å². The van der Waals surface area contributed by atoms with Gasteiger partial charge in [-0.15, -0.1) is 0 Å². The van der Waals surface area contributed by atoms with Gasteiger partial charge in [0.25, 0.3) is 0 Å². The Bertz CT molecular complexity index is 588. The van der Waals surface area contributed by atoms with E-state index in [1.807, 2.05) is 12.1 Å². The molecule has 0 N–H and O–H groups in total. The molecule has 3 rings (SSSR count). The van der Waals surface area contributed by atoms with Gasteiger partial charge in [0.2, 0.25) is 0 Å². The topological polar surface area (TPSA) is 26.3 Å². The van der Waals surface area contributed by atoms with Gasteiger partial charge in [0.1, 0.15) is 11.6 Å². The lowest BCUT2D eigenvalue weighted by Crippen LogP contribution is -1.99. The SMILES string of the molecule is O=C1Cc2cc(-c3ccc(F)cc3)ccc2O1. The molecule has 0 radical (unpaired) electrons. The average Bonchev–Trinajstić information content (AvgIpc) is 2.69. The Morgan fingerprint density at radius 3 is 2.47 bits per heavy atom. The zero-order valence-corrected chi connectivity index (χ0v) is 8.94. The third-order valence-electron chi connectivity index (χ3n) is 2.80. The van der Waals surface area contributed by atoms with E-state index < -0.39 is 0 Å². The maximum absolute atomic E-state index is 12.8. The summed E-state index contributed by atoms with van der Waals surface area (Å²) in [5.41, 5.74) is 2.77. The van der Waals surface area contributed by atoms with Crippen LogP contribution < -0.4 is 4.74 Å². The number of esters is 1. The van der Waals surface area contributed by atoms with Crippen molar-refractivity contribution in [2.75, 3.05) is 0 Å². The van der Waals surface area contributed by atoms with Crippen molar-refractivity contribution in [1.82, 2.24) is 0 Å². The van der Waals surface area contributed by atoms with Crippen LogP contribution in [0.1, 0.15) is 5.56 Å². The molecule has 17 heavy (non-hydrogen) atoms. The number of rotatable bonds is 1. The van der Waals surface area contributed by atoms with Crippen LogP contribution >= 0.6 is 0 Å². The summed E-state index contributed by atoms with van der Waals surface area (Å²) in [6.07, 6.45) is 0.310. The summed E-state index contributed by atoms with van der Waals surface area (Å²) in [6.45, 7) is 0. The van der Waals surface area contributed by atoms with E-state index in [-0.39, 0.29) is 11.8 Å². The predicted octanol–water partition coefficient (Wildman–Crippen LogP) is 2.95. The van der Waals surface area contributed by atoms with Crippen LogP contribution in [0.3, 0.4) is 0 Å². The third kappa shape index (κ3) is 1.80. The van der Waals surface area contributed by atoms with E-state index in [4.69, 9.17) is 4.74 Å². The molecule has 2 aromatic carbocycles. The van der Waals surface area contributed by atoms with Crippen LogP contribution in [-0.2, 0) is 11.2 Å². The molecule has 0 aliphatic carbocycles. The quantitative estimate of drug-likeness (QED) is 0.554. The van der Waals surface area contributed by atoms with Crippen LogP contribution in [-0.4, -0.2) is 5.97 Å². The molecule has 3 heteroatoms. The van der Waals surface area contributed by atoms with Crippen LogP contribution in [0.4, 0.5) is 4.39 Å². The number of ether oxygens (including phenoxy) is 1. The van der Waals surface area contributed by atoms with Crippen LogP contribution in [0, 0.1) is 5.82 Å². The van der Waals surface area contributed by atoms with Gasteiger partial charge in [0.15, 0.2) is 0 Å². The number of hydrogen-bond donors (Lipinski definition) is 0. The minimum absolute atomic E-state index is 0.226. The van der Waals surface area contributed by atoms with Gasteiger partial charge < -0.3 is 4.74 Å². The minimum Gasteiger partial charge on any atom is -0.426 e. The van der Waals surface area contributed by atoms with Gasteiger partial charge in [-0.1, -0.05) is 18.2 Å². The molecule has 0 spiro atoms. The Labute approximate surface area is 97.7 Å². The molecular weight excluding hydrogens is 219 g/mol. The van der Waals surface area contributed by atoms with Crippen molar-refractivity contribution in [2.24, 2.45) is 0 Å². The largest absolute Gasteiger partial charge is 0.426 e. The van der Waals surface area contributed by atoms with Crippen LogP contribution in [0.15, 0.2) is 42.5 Å². The van der Waals surface area contributed by atoms with Crippen molar-refractivity contribution in [3.05, 3.63) is 53.8 Å². The van der Waals surface area contributed by atoms with E-state index in [9.17, 15) is 9.18 Å². The highest BCUT2D eigenvalue weighted by atomic mass is 19.1. The second-order valence-electron chi connectivity index (χ2n) is 3.98. The zero-order valence-electron chi connectivity index (χ0n) is 8.94. The van der Waals surface area contributed by atoms with E-state index in [0.29, 0.717) is 12.2 Å². The van der Waals surface area contributed by atoms with Gasteiger partial charge in [0.05, 0.1) is 6.42 Å². The Kier molecular flexibility index (Phi) is 2.18. The number of carbonyl (C=O) groups is 1. The summed E-state index contributed by atoms with van der Waals surface area (Å²) >= 11 is 0. The van der Waals surface area contributed by atoms with E-state index in [0.717, 1.165) is 16.7 Å². The van der Waals surface area contributed by atoms with Gasteiger partial charge in [-0.25, -0.2) is 4.39 Å². The first-order valence-electron chi connectivity index (χ1n) is 5.32. The molecule has 0 fully saturated rings. The Morgan fingerprint density at radius 1 is 1.00 bits per heavy atom. The third-order valence-corrected chi connectivity index (χ3v) is 2.80. The molecule has 0 unspecified atom stereocenters. The van der Waals surface area contributed by atoms with E-state index >= 15 is 0 Å². The summed E-state index contributed by atoms with van der Waals surface area (Å²) < 4.78 is 17.8. The van der Waals surface area contributed by atoms with Crippen LogP contribution in [0.25, 0.3) is 11.1 Å². The van der Waals surface area contributed by atoms with Crippen molar-refractivity contribution in [3.8, 4) is 16.9 Å². The standard InChI is InChI=1S/C14H9FO2/c15-12-4-1-9(2-5-12)10-3-6-13-11(7-10)8-14(16)17-13/h1-7H,8H2. The van der Waals surface area contributed by atoms with Crippen LogP contribution in [0.5, 0.6) is 5.75 Å². The Hall–Kier alpha value is -2.16. The van der Waals surface area contributed by atoms with Gasteiger partial charge >= 0.3 is 5.97 Å². The summed E-state index contributed by atoms with van der Waals surface area (Å²) in [5.74, 6) is 0.144. The highest BCUT2D eigenvalue weighted by molar-refractivity contribution is 5.82. The summed E-state index contributed by atoms with van der Waals surface area (Å²) in [5, 5.41) is 0. The maximum Gasteiger partial charge on any atom is 0.315 e. The van der Waals surface area contributed by atoms with Gasteiger partial charge in [-0.2, -0.15) is 0 Å². The highest BCUT2D eigenvalue weighted by Crippen LogP contribution is 2.30. The first kappa shape index (κ1) is 10.0. The molecular formula is C14H9FO2. The Balaban J connectivity index is 2.03. The molecule has 1 heterocycles. The molecule has 0 saturated carbocycles. The maximum atomic E-state index is 12.8. The van der Waals surface area contributed by atoms with Gasteiger partial charge in [-0.05, 0) is 35.4 Å². The number of benzene rings is 2. The lowest BCUT2D eigenvalue weighted by molar-refractivity contribution is -0.131. The fourth-order valence-corrected chi connectivity index (χ4v) is 1.95. The number of fused-ring (bicyclic) bond motifs is 1. The monoisotopic (exact) mass is 228 g/mol.